The Morgan fingerprint density at radius 3 is 2.70 bits per heavy atom. The predicted molar refractivity (Wildman–Crippen MR) is 121 cm³/mol. The lowest BCUT2D eigenvalue weighted by molar-refractivity contribution is 0.178. The van der Waals surface area contributed by atoms with Crippen LogP contribution in [0.3, 0.4) is 0 Å². The second-order valence-corrected chi connectivity index (χ2v) is 7.81. The zero-order valence-electron chi connectivity index (χ0n) is 16.9. The second kappa shape index (κ2) is 9.75. The van der Waals surface area contributed by atoms with E-state index in [0.29, 0.717) is 31.9 Å². The van der Waals surface area contributed by atoms with Crippen molar-refractivity contribution in [3.05, 3.63) is 71.6 Å². The number of anilines is 1. The molecule has 0 bridgehead atoms. The van der Waals surface area contributed by atoms with Crippen LogP contribution in [0.4, 0.5) is 5.82 Å². The van der Waals surface area contributed by atoms with Crippen molar-refractivity contribution in [3.63, 3.8) is 0 Å². The summed E-state index contributed by atoms with van der Waals surface area (Å²) in [5.74, 6) is 1.52. The summed E-state index contributed by atoms with van der Waals surface area (Å²) in [5.41, 5.74) is 3.35. The Bertz CT molecular complexity index is 1090. The molecule has 6 nitrogen and oxygen atoms in total. The SMILES string of the molecule is COCc1nc(N(CCCO)Cc2cccnc2)c2c(-c3ccccc3)csc2n1. The zero-order valence-corrected chi connectivity index (χ0v) is 17.7. The van der Waals surface area contributed by atoms with Crippen LogP contribution in [-0.2, 0) is 17.9 Å². The van der Waals surface area contributed by atoms with E-state index in [0.717, 1.165) is 32.7 Å². The molecule has 0 atom stereocenters. The van der Waals surface area contributed by atoms with Crippen LogP contribution in [0, 0.1) is 0 Å². The molecule has 1 aromatic carbocycles. The smallest absolute Gasteiger partial charge is 0.158 e. The van der Waals surface area contributed by atoms with E-state index in [2.05, 4.69) is 33.5 Å². The van der Waals surface area contributed by atoms with E-state index in [1.54, 1.807) is 24.6 Å². The largest absolute Gasteiger partial charge is 0.396 e. The highest BCUT2D eigenvalue weighted by Crippen LogP contribution is 2.38. The minimum Gasteiger partial charge on any atom is -0.396 e. The fourth-order valence-electron chi connectivity index (χ4n) is 3.45. The van der Waals surface area contributed by atoms with Gasteiger partial charge in [0.05, 0.1) is 5.39 Å². The van der Waals surface area contributed by atoms with Gasteiger partial charge in [0.2, 0.25) is 0 Å². The van der Waals surface area contributed by atoms with Crippen molar-refractivity contribution < 1.29 is 9.84 Å². The molecule has 0 aliphatic heterocycles. The Hall–Kier alpha value is -2.87. The van der Waals surface area contributed by atoms with Crippen molar-refractivity contribution >= 4 is 27.4 Å². The van der Waals surface area contributed by atoms with Gasteiger partial charge in [-0.2, -0.15) is 0 Å². The molecular weight excluding hydrogens is 396 g/mol. The highest BCUT2D eigenvalue weighted by atomic mass is 32.1. The fourth-order valence-corrected chi connectivity index (χ4v) is 4.41. The third-order valence-corrected chi connectivity index (χ3v) is 5.67. The number of pyridine rings is 1. The number of rotatable bonds is 9. The summed E-state index contributed by atoms with van der Waals surface area (Å²) in [6.07, 6.45) is 4.29. The highest BCUT2D eigenvalue weighted by Gasteiger charge is 2.20. The lowest BCUT2D eigenvalue weighted by Crippen LogP contribution is -2.26. The number of ether oxygens (including phenoxy) is 1. The highest BCUT2D eigenvalue weighted by molar-refractivity contribution is 7.17. The van der Waals surface area contributed by atoms with Crippen molar-refractivity contribution in [2.75, 3.05) is 25.2 Å². The first-order valence-corrected chi connectivity index (χ1v) is 10.8. The molecule has 0 spiro atoms. The molecule has 154 valence electrons. The lowest BCUT2D eigenvalue weighted by atomic mass is 10.1. The summed E-state index contributed by atoms with van der Waals surface area (Å²) < 4.78 is 5.31. The van der Waals surface area contributed by atoms with E-state index in [1.165, 1.54) is 0 Å². The summed E-state index contributed by atoms with van der Waals surface area (Å²) in [5, 5.41) is 12.7. The van der Waals surface area contributed by atoms with Crippen LogP contribution in [-0.4, -0.2) is 40.3 Å². The van der Waals surface area contributed by atoms with Crippen molar-refractivity contribution in [1.29, 1.82) is 0 Å². The molecule has 4 rings (SSSR count). The molecule has 0 aliphatic rings. The van der Waals surface area contributed by atoms with Gasteiger partial charge in [0, 0.05) is 50.1 Å². The number of methoxy groups -OCH3 is 1. The van der Waals surface area contributed by atoms with E-state index in [9.17, 15) is 5.11 Å². The lowest BCUT2D eigenvalue weighted by Gasteiger charge is -2.25. The first-order valence-electron chi connectivity index (χ1n) is 9.87. The Labute approximate surface area is 179 Å². The van der Waals surface area contributed by atoms with Crippen LogP contribution in [0.25, 0.3) is 21.3 Å². The molecule has 0 saturated carbocycles. The minimum atomic E-state index is 0.123. The normalized spacial score (nSPS) is 11.1. The molecule has 0 amide bonds. The molecule has 3 aromatic heterocycles. The van der Waals surface area contributed by atoms with Gasteiger partial charge in [-0.25, -0.2) is 9.97 Å². The van der Waals surface area contributed by atoms with Gasteiger partial charge < -0.3 is 14.7 Å². The van der Waals surface area contributed by atoms with E-state index in [4.69, 9.17) is 14.7 Å². The van der Waals surface area contributed by atoms with Crippen molar-refractivity contribution in [3.8, 4) is 11.1 Å². The Kier molecular flexibility index (Phi) is 6.63. The van der Waals surface area contributed by atoms with Gasteiger partial charge in [-0.05, 0) is 23.6 Å². The standard InChI is InChI=1S/C23H24N4O2S/c1-29-15-20-25-22(27(11-6-12-28)14-17-7-5-10-24-13-17)21-19(16-30-23(21)26-20)18-8-3-2-4-9-18/h2-5,7-10,13,16,28H,6,11-12,14-15H2,1H3. The maximum atomic E-state index is 9.48. The summed E-state index contributed by atoms with van der Waals surface area (Å²) in [4.78, 5) is 17.0. The summed E-state index contributed by atoms with van der Waals surface area (Å²) >= 11 is 1.62. The molecule has 30 heavy (non-hydrogen) atoms. The number of aromatic nitrogens is 3. The molecule has 4 aromatic rings. The van der Waals surface area contributed by atoms with Crippen LogP contribution in [0.5, 0.6) is 0 Å². The number of nitrogens with zero attached hydrogens (tertiary/aromatic N) is 4. The van der Waals surface area contributed by atoms with E-state index >= 15 is 0 Å². The average Bonchev–Trinajstić information content (AvgIpc) is 3.22. The summed E-state index contributed by atoms with van der Waals surface area (Å²) in [6.45, 7) is 1.80. The van der Waals surface area contributed by atoms with Crippen LogP contribution in [0.2, 0.25) is 0 Å². The number of benzene rings is 1. The molecule has 0 fully saturated rings. The molecular formula is C23H24N4O2S. The van der Waals surface area contributed by atoms with Crippen LogP contribution in [0.1, 0.15) is 17.8 Å². The molecule has 0 aliphatic carbocycles. The fraction of sp³-hybridized carbons (Fsp3) is 0.261. The minimum absolute atomic E-state index is 0.123. The van der Waals surface area contributed by atoms with Crippen LogP contribution in [0.15, 0.2) is 60.2 Å². The third kappa shape index (κ3) is 4.48. The topological polar surface area (TPSA) is 71.4 Å². The van der Waals surface area contributed by atoms with Crippen LogP contribution >= 0.6 is 11.3 Å². The Morgan fingerprint density at radius 1 is 1.10 bits per heavy atom. The molecule has 3 heterocycles. The van der Waals surface area contributed by atoms with E-state index < -0.39 is 0 Å². The molecule has 0 unspecified atom stereocenters. The Balaban J connectivity index is 1.86. The van der Waals surface area contributed by atoms with E-state index in [1.807, 2.05) is 30.5 Å². The van der Waals surface area contributed by atoms with Gasteiger partial charge in [0.15, 0.2) is 5.82 Å². The maximum absolute atomic E-state index is 9.48. The first-order chi connectivity index (χ1) is 14.8. The van der Waals surface area contributed by atoms with Crippen LogP contribution < -0.4 is 4.90 Å². The molecule has 7 heteroatoms. The van der Waals surface area contributed by atoms with E-state index in [-0.39, 0.29) is 6.61 Å². The number of aliphatic hydroxyl groups is 1. The predicted octanol–water partition coefficient (Wildman–Crippen LogP) is 4.29. The second-order valence-electron chi connectivity index (χ2n) is 6.95. The third-order valence-electron chi connectivity index (χ3n) is 4.80. The molecule has 0 saturated heterocycles. The quantitative estimate of drug-likeness (QED) is 0.436. The van der Waals surface area contributed by atoms with Crippen molar-refractivity contribution in [1.82, 2.24) is 15.0 Å². The average molecular weight is 421 g/mol. The number of hydrogen-bond donors (Lipinski definition) is 1. The van der Waals surface area contributed by atoms with Crippen molar-refractivity contribution in [2.24, 2.45) is 0 Å². The van der Waals surface area contributed by atoms with Crippen molar-refractivity contribution in [2.45, 2.75) is 19.6 Å². The number of hydrogen-bond acceptors (Lipinski definition) is 7. The first kappa shape index (κ1) is 20.4. The molecule has 1 N–H and O–H groups in total. The van der Waals surface area contributed by atoms with Gasteiger partial charge >= 0.3 is 0 Å². The number of fused-ring (bicyclic) bond motifs is 1. The monoisotopic (exact) mass is 420 g/mol. The molecule has 0 radical (unpaired) electrons. The van der Waals surface area contributed by atoms with Gasteiger partial charge in [0.1, 0.15) is 17.3 Å². The van der Waals surface area contributed by atoms with Gasteiger partial charge in [-0.1, -0.05) is 36.4 Å². The van der Waals surface area contributed by atoms with Gasteiger partial charge in [-0.15, -0.1) is 11.3 Å². The number of thiophene rings is 1. The summed E-state index contributed by atoms with van der Waals surface area (Å²) in [7, 11) is 1.65. The maximum Gasteiger partial charge on any atom is 0.158 e. The Morgan fingerprint density at radius 2 is 1.97 bits per heavy atom. The number of aliphatic hydroxyl groups excluding tert-OH is 1. The van der Waals surface area contributed by atoms with Gasteiger partial charge in [0.25, 0.3) is 0 Å². The zero-order chi connectivity index (χ0) is 20.8. The van der Waals surface area contributed by atoms with Gasteiger partial charge in [-0.3, -0.25) is 4.98 Å². The summed E-state index contributed by atoms with van der Waals surface area (Å²) in [6, 6.07) is 14.3.